The van der Waals surface area contributed by atoms with E-state index >= 15 is 0 Å². The normalized spacial score (nSPS) is 12.9. The van der Waals surface area contributed by atoms with Gasteiger partial charge in [0.2, 0.25) is 5.91 Å². The number of halogens is 3. The summed E-state index contributed by atoms with van der Waals surface area (Å²) < 4.78 is 38.3. The molecule has 7 heteroatoms. The van der Waals surface area contributed by atoms with Gasteiger partial charge >= 0.3 is 6.18 Å². The Morgan fingerprint density at radius 3 is 2.43 bits per heavy atom. The Morgan fingerprint density at radius 2 is 1.91 bits per heavy atom. The first-order chi connectivity index (χ1) is 10.8. The van der Waals surface area contributed by atoms with Gasteiger partial charge in [-0.1, -0.05) is 26.0 Å². The van der Waals surface area contributed by atoms with Gasteiger partial charge in [0.05, 0.1) is 0 Å². The third kappa shape index (κ3) is 4.58. The predicted molar refractivity (Wildman–Crippen MR) is 81.0 cm³/mol. The molecular weight excluding hydrogens is 307 g/mol. The van der Waals surface area contributed by atoms with Crippen molar-refractivity contribution in [3.8, 4) is 0 Å². The van der Waals surface area contributed by atoms with Crippen LogP contribution in [0.5, 0.6) is 0 Å². The van der Waals surface area contributed by atoms with Crippen molar-refractivity contribution >= 4 is 11.6 Å². The van der Waals surface area contributed by atoms with Gasteiger partial charge in [-0.25, -0.2) is 0 Å². The van der Waals surface area contributed by atoms with Crippen LogP contribution in [0.1, 0.15) is 37.4 Å². The number of nitrogens with zero attached hydrogens (tertiary/aromatic N) is 2. The van der Waals surface area contributed by atoms with Crippen molar-refractivity contribution in [1.82, 2.24) is 9.78 Å². The number of anilines is 1. The second-order valence-corrected chi connectivity index (χ2v) is 5.38. The third-order valence-corrected chi connectivity index (χ3v) is 3.61. The second kappa shape index (κ2) is 6.85. The van der Waals surface area contributed by atoms with Crippen molar-refractivity contribution in [2.45, 2.75) is 38.9 Å². The minimum Gasteiger partial charge on any atom is -0.324 e. The van der Waals surface area contributed by atoms with Crippen LogP contribution >= 0.6 is 0 Å². The summed E-state index contributed by atoms with van der Waals surface area (Å²) in [7, 11) is 0. The molecule has 0 aliphatic rings. The zero-order valence-corrected chi connectivity index (χ0v) is 12.9. The van der Waals surface area contributed by atoms with E-state index in [4.69, 9.17) is 0 Å². The highest BCUT2D eigenvalue weighted by molar-refractivity contribution is 5.90. The van der Waals surface area contributed by atoms with Crippen LogP contribution in [0.4, 0.5) is 18.9 Å². The van der Waals surface area contributed by atoms with Gasteiger partial charge in [-0.05, 0) is 36.1 Å². The van der Waals surface area contributed by atoms with Gasteiger partial charge in [0.15, 0.2) is 5.69 Å². The van der Waals surface area contributed by atoms with Crippen molar-refractivity contribution in [1.29, 1.82) is 0 Å². The monoisotopic (exact) mass is 325 g/mol. The molecule has 0 aliphatic carbocycles. The highest BCUT2D eigenvalue weighted by atomic mass is 19.4. The Hall–Kier alpha value is -2.31. The molecule has 0 bridgehead atoms. The van der Waals surface area contributed by atoms with Crippen LogP contribution in [-0.4, -0.2) is 15.7 Å². The van der Waals surface area contributed by atoms with Gasteiger partial charge < -0.3 is 5.32 Å². The summed E-state index contributed by atoms with van der Waals surface area (Å²) in [6.45, 7) is 3.94. The number of hydrogen-bond donors (Lipinski definition) is 1. The van der Waals surface area contributed by atoms with E-state index in [1.54, 1.807) is 12.1 Å². The Morgan fingerprint density at radius 1 is 1.26 bits per heavy atom. The SMILES string of the molecule is CCC(C)c1ccc(NC(=O)Cn2ccc(C(F)(F)F)n2)cc1. The number of aromatic nitrogens is 2. The smallest absolute Gasteiger partial charge is 0.324 e. The average Bonchev–Trinajstić information content (AvgIpc) is 2.95. The van der Waals surface area contributed by atoms with Crippen molar-refractivity contribution in [3.05, 3.63) is 47.8 Å². The van der Waals surface area contributed by atoms with Crippen LogP contribution < -0.4 is 5.32 Å². The lowest BCUT2D eigenvalue weighted by molar-refractivity contribution is -0.141. The molecule has 0 saturated carbocycles. The average molecular weight is 325 g/mol. The molecule has 0 spiro atoms. The van der Waals surface area contributed by atoms with E-state index in [0.717, 1.165) is 23.4 Å². The van der Waals surface area contributed by atoms with Crippen LogP contribution in [0.15, 0.2) is 36.5 Å². The van der Waals surface area contributed by atoms with Crippen LogP contribution in [0, 0.1) is 0 Å². The minimum atomic E-state index is -4.51. The molecule has 1 amide bonds. The summed E-state index contributed by atoms with van der Waals surface area (Å²) in [5.41, 5.74) is 0.765. The van der Waals surface area contributed by atoms with Gasteiger partial charge in [0.1, 0.15) is 6.54 Å². The van der Waals surface area contributed by atoms with Crippen LogP contribution in [0.3, 0.4) is 0 Å². The molecule has 0 radical (unpaired) electrons. The molecule has 1 N–H and O–H groups in total. The quantitative estimate of drug-likeness (QED) is 0.901. The molecule has 124 valence electrons. The summed E-state index contributed by atoms with van der Waals surface area (Å²) in [5, 5.41) is 5.98. The number of rotatable bonds is 5. The van der Waals surface area contributed by atoms with Gasteiger partial charge in [0, 0.05) is 11.9 Å². The summed E-state index contributed by atoms with van der Waals surface area (Å²) in [4.78, 5) is 11.9. The first-order valence-corrected chi connectivity index (χ1v) is 7.30. The Bertz CT molecular complexity index is 662. The third-order valence-electron chi connectivity index (χ3n) is 3.61. The first kappa shape index (κ1) is 17.1. The Kier molecular flexibility index (Phi) is 5.08. The van der Waals surface area contributed by atoms with E-state index in [2.05, 4.69) is 24.3 Å². The summed E-state index contributed by atoms with van der Waals surface area (Å²) in [6, 6.07) is 8.26. The molecule has 23 heavy (non-hydrogen) atoms. The van der Waals surface area contributed by atoms with E-state index in [1.807, 2.05) is 12.1 Å². The van der Waals surface area contributed by atoms with Gasteiger partial charge in [-0.2, -0.15) is 18.3 Å². The first-order valence-electron chi connectivity index (χ1n) is 7.30. The van der Waals surface area contributed by atoms with E-state index in [0.29, 0.717) is 11.6 Å². The molecule has 1 aromatic heterocycles. The maximum Gasteiger partial charge on any atom is 0.435 e. The van der Waals surface area contributed by atoms with E-state index in [9.17, 15) is 18.0 Å². The predicted octanol–water partition coefficient (Wildman–Crippen LogP) is 4.05. The molecule has 1 atom stereocenters. The largest absolute Gasteiger partial charge is 0.435 e. The van der Waals surface area contributed by atoms with Crippen LogP contribution in [-0.2, 0) is 17.5 Å². The lowest BCUT2D eigenvalue weighted by Gasteiger charge is -2.10. The van der Waals surface area contributed by atoms with Gasteiger partial charge in [-0.3, -0.25) is 9.48 Å². The minimum absolute atomic E-state index is 0.275. The zero-order valence-electron chi connectivity index (χ0n) is 12.9. The van der Waals surface area contributed by atoms with Crippen molar-refractivity contribution in [2.75, 3.05) is 5.32 Å². The van der Waals surface area contributed by atoms with E-state index < -0.39 is 17.8 Å². The molecular formula is C16H18F3N3O. The number of nitrogens with one attached hydrogen (secondary N) is 1. The number of carbonyl (C=O) groups excluding carboxylic acids is 1. The number of carbonyl (C=O) groups is 1. The molecule has 0 fully saturated rings. The van der Waals surface area contributed by atoms with Gasteiger partial charge in [-0.15, -0.1) is 0 Å². The lowest BCUT2D eigenvalue weighted by Crippen LogP contribution is -2.19. The molecule has 2 rings (SSSR count). The standard InChI is InChI=1S/C16H18F3N3O/c1-3-11(2)12-4-6-13(7-5-12)20-15(23)10-22-9-8-14(21-22)16(17,18)19/h4-9,11H,3,10H2,1-2H3,(H,20,23). The topological polar surface area (TPSA) is 46.9 Å². The highest BCUT2D eigenvalue weighted by Crippen LogP contribution is 2.27. The summed E-state index contributed by atoms with van der Waals surface area (Å²) in [6.07, 6.45) is -2.35. The van der Waals surface area contributed by atoms with Gasteiger partial charge in [0.25, 0.3) is 0 Å². The Labute approximate surface area is 132 Å². The molecule has 2 aromatic rings. The maximum atomic E-state index is 12.4. The lowest BCUT2D eigenvalue weighted by atomic mass is 9.99. The second-order valence-electron chi connectivity index (χ2n) is 5.38. The number of hydrogen-bond acceptors (Lipinski definition) is 2. The van der Waals surface area contributed by atoms with E-state index in [-0.39, 0.29) is 6.54 Å². The Balaban J connectivity index is 1.95. The molecule has 1 aromatic carbocycles. The molecule has 0 aliphatic heterocycles. The molecule has 1 unspecified atom stereocenters. The number of alkyl halides is 3. The zero-order chi connectivity index (χ0) is 17.0. The van der Waals surface area contributed by atoms with Crippen molar-refractivity contribution in [3.63, 3.8) is 0 Å². The summed E-state index contributed by atoms with van der Waals surface area (Å²) >= 11 is 0. The molecule has 0 saturated heterocycles. The maximum absolute atomic E-state index is 12.4. The van der Waals surface area contributed by atoms with Crippen LogP contribution in [0.2, 0.25) is 0 Å². The van der Waals surface area contributed by atoms with Crippen LogP contribution in [0.25, 0.3) is 0 Å². The fourth-order valence-electron chi connectivity index (χ4n) is 2.08. The number of benzene rings is 1. The highest BCUT2D eigenvalue weighted by Gasteiger charge is 2.33. The van der Waals surface area contributed by atoms with E-state index in [1.165, 1.54) is 5.56 Å². The van der Waals surface area contributed by atoms with Crippen molar-refractivity contribution in [2.24, 2.45) is 0 Å². The fraction of sp³-hybridized carbons (Fsp3) is 0.375. The number of amides is 1. The molecule has 4 nitrogen and oxygen atoms in total. The molecule has 1 heterocycles. The van der Waals surface area contributed by atoms with Crippen molar-refractivity contribution < 1.29 is 18.0 Å². The summed E-state index contributed by atoms with van der Waals surface area (Å²) in [5.74, 6) is 0.00253. The fourth-order valence-corrected chi connectivity index (χ4v) is 2.08.